The van der Waals surface area contributed by atoms with Crippen LogP contribution in [0.15, 0.2) is 16.7 Å². The zero-order chi connectivity index (χ0) is 23.7. The van der Waals surface area contributed by atoms with E-state index in [0.717, 1.165) is 31.4 Å². The van der Waals surface area contributed by atoms with Crippen LogP contribution in [0.25, 0.3) is 11.0 Å². The van der Waals surface area contributed by atoms with E-state index in [2.05, 4.69) is 10.2 Å². The second kappa shape index (κ2) is 11.9. The number of carbonyl (C=O) groups is 1. The van der Waals surface area contributed by atoms with Gasteiger partial charge in [-0.25, -0.2) is 0 Å². The molecule has 2 heterocycles. The molecule has 180 valence electrons. The first-order chi connectivity index (χ1) is 15.2. The smallest absolute Gasteiger partial charge is 0.261 e. The number of hydrogen-bond donors (Lipinski definition) is 2. The first kappa shape index (κ1) is 25.8. The van der Waals surface area contributed by atoms with Crippen LogP contribution in [0.2, 0.25) is 0 Å². The number of hydrogen-bond acceptors (Lipinski definition) is 8. The summed E-state index contributed by atoms with van der Waals surface area (Å²) >= 11 is 0. The molecular weight excluding hydrogens is 440 g/mol. The van der Waals surface area contributed by atoms with E-state index in [-0.39, 0.29) is 5.91 Å². The van der Waals surface area contributed by atoms with Crippen LogP contribution in [0, 0.1) is 0 Å². The van der Waals surface area contributed by atoms with E-state index in [1.165, 1.54) is 26.2 Å². The fourth-order valence-corrected chi connectivity index (χ4v) is 3.59. The van der Waals surface area contributed by atoms with Crippen LogP contribution >= 0.6 is 0 Å². The van der Waals surface area contributed by atoms with Gasteiger partial charge in [0.25, 0.3) is 10.1 Å². The van der Waals surface area contributed by atoms with Crippen LogP contribution in [0.3, 0.4) is 0 Å². The van der Waals surface area contributed by atoms with Crippen molar-refractivity contribution in [2.24, 2.45) is 0 Å². The van der Waals surface area contributed by atoms with Crippen LogP contribution in [0.1, 0.15) is 32.6 Å². The SMILES string of the molecule is COc1c(NC(C)=O)c(OCCCN2CCCCC2)c(OC)c2occc12.CS(=O)(=O)O. The topological polar surface area (TPSA) is 128 Å². The Kier molecular flexibility index (Phi) is 9.60. The van der Waals surface area contributed by atoms with Crippen LogP contribution in [-0.2, 0) is 14.9 Å². The van der Waals surface area contributed by atoms with Crippen molar-refractivity contribution in [3.05, 3.63) is 12.3 Å². The highest BCUT2D eigenvalue weighted by molar-refractivity contribution is 7.85. The average molecular weight is 473 g/mol. The molecule has 2 aromatic rings. The number of likely N-dealkylation sites (tertiary alicyclic amines) is 1. The molecule has 0 unspecified atom stereocenters. The van der Waals surface area contributed by atoms with Crippen LogP contribution < -0.4 is 19.5 Å². The van der Waals surface area contributed by atoms with Gasteiger partial charge in [-0.15, -0.1) is 0 Å². The number of benzene rings is 1. The van der Waals surface area contributed by atoms with Gasteiger partial charge in [-0.3, -0.25) is 9.35 Å². The molecule has 0 atom stereocenters. The summed E-state index contributed by atoms with van der Waals surface area (Å²) in [4.78, 5) is 14.2. The second-order valence-electron chi connectivity index (χ2n) is 7.45. The third kappa shape index (κ3) is 7.57. The van der Waals surface area contributed by atoms with Gasteiger partial charge in [0.15, 0.2) is 17.1 Å². The lowest BCUT2D eigenvalue weighted by atomic mass is 10.1. The Morgan fingerprint density at radius 1 is 1.16 bits per heavy atom. The van der Waals surface area contributed by atoms with E-state index >= 15 is 0 Å². The van der Waals surface area contributed by atoms with Crippen LogP contribution in [-0.4, -0.2) is 70.5 Å². The number of furan rings is 1. The summed E-state index contributed by atoms with van der Waals surface area (Å²) in [6, 6.07) is 1.78. The number of fused-ring (bicyclic) bond motifs is 1. The van der Waals surface area contributed by atoms with Gasteiger partial charge in [-0.05, 0) is 38.4 Å². The zero-order valence-corrected chi connectivity index (χ0v) is 19.8. The first-order valence-corrected chi connectivity index (χ1v) is 12.2. The molecular formula is C21H32N2O8S. The monoisotopic (exact) mass is 472 g/mol. The molecule has 1 aromatic carbocycles. The minimum absolute atomic E-state index is 0.212. The minimum atomic E-state index is -3.67. The Bertz CT molecular complexity index is 989. The molecule has 1 aromatic heterocycles. The van der Waals surface area contributed by atoms with Crippen molar-refractivity contribution in [1.29, 1.82) is 0 Å². The number of nitrogens with one attached hydrogen (secondary N) is 1. The number of amides is 1. The molecule has 0 radical (unpaired) electrons. The summed E-state index contributed by atoms with van der Waals surface area (Å²) in [5.41, 5.74) is 1.00. The fraction of sp³-hybridized carbons (Fsp3) is 0.571. The van der Waals surface area contributed by atoms with Crippen molar-refractivity contribution in [3.63, 3.8) is 0 Å². The Balaban J connectivity index is 0.000000654. The predicted octanol–water partition coefficient (Wildman–Crippen LogP) is 3.17. The number of carbonyl (C=O) groups excluding carboxylic acids is 1. The number of ether oxygens (including phenoxy) is 3. The Morgan fingerprint density at radius 2 is 1.78 bits per heavy atom. The summed E-state index contributed by atoms with van der Waals surface area (Å²) in [5, 5.41) is 3.54. The largest absolute Gasteiger partial charge is 0.494 e. The molecule has 1 amide bonds. The molecule has 0 bridgehead atoms. The van der Waals surface area contributed by atoms with Crippen molar-refractivity contribution in [2.75, 3.05) is 52.0 Å². The highest BCUT2D eigenvalue weighted by Gasteiger charge is 2.25. The first-order valence-electron chi connectivity index (χ1n) is 10.4. The molecule has 0 saturated carbocycles. The Morgan fingerprint density at radius 3 is 2.34 bits per heavy atom. The van der Waals surface area contributed by atoms with E-state index in [1.807, 2.05) is 0 Å². The zero-order valence-electron chi connectivity index (χ0n) is 19.0. The second-order valence-corrected chi connectivity index (χ2v) is 8.92. The average Bonchev–Trinajstić information content (AvgIpc) is 3.19. The van der Waals surface area contributed by atoms with Crippen molar-refractivity contribution >= 4 is 32.7 Å². The van der Waals surface area contributed by atoms with E-state index < -0.39 is 10.1 Å². The normalized spacial score (nSPS) is 14.4. The number of rotatable bonds is 8. The fourth-order valence-electron chi connectivity index (χ4n) is 3.59. The molecule has 0 spiro atoms. The van der Waals surface area contributed by atoms with E-state index in [9.17, 15) is 13.2 Å². The molecule has 10 nitrogen and oxygen atoms in total. The highest BCUT2D eigenvalue weighted by atomic mass is 32.2. The van der Waals surface area contributed by atoms with Gasteiger partial charge in [0, 0.05) is 13.5 Å². The number of anilines is 1. The van der Waals surface area contributed by atoms with Crippen molar-refractivity contribution in [1.82, 2.24) is 4.90 Å². The lowest BCUT2D eigenvalue weighted by Gasteiger charge is -2.26. The molecule has 1 saturated heterocycles. The van der Waals surface area contributed by atoms with Crippen molar-refractivity contribution in [2.45, 2.75) is 32.6 Å². The van der Waals surface area contributed by atoms with Crippen LogP contribution in [0.4, 0.5) is 5.69 Å². The Hall–Kier alpha value is -2.50. The molecule has 11 heteroatoms. The molecule has 1 fully saturated rings. The van der Waals surface area contributed by atoms with E-state index in [1.54, 1.807) is 26.5 Å². The predicted molar refractivity (Wildman–Crippen MR) is 121 cm³/mol. The van der Waals surface area contributed by atoms with E-state index in [0.29, 0.717) is 41.4 Å². The maximum absolute atomic E-state index is 11.8. The van der Waals surface area contributed by atoms with Gasteiger partial charge in [0.05, 0.1) is 38.7 Å². The summed E-state index contributed by atoms with van der Waals surface area (Å²) in [6.07, 6.45) is 7.04. The van der Waals surface area contributed by atoms with Crippen LogP contribution in [0.5, 0.6) is 17.2 Å². The third-order valence-corrected chi connectivity index (χ3v) is 4.80. The quantitative estimate of drug-likeness (QED) is 0.440. The van der Waals surface area contributed by atoms with Gasteiger partial charge in [0.2, 0.25) is 11.7 Å². The molecule has 0 aliphatic carbocycles. The molecule has 2 N–H and O–H groups in total. The van der Waals surface area contributed by atoms with Gasteiger partial charge in [0.1, 0.15) is 5.69 Å². The number of methoxy groups -OCH3 is 2. The van der Waals surface area contributed by atoms with Gasteiger partial charge < -0.3 is 28.8 Å². The maximum Gasteiger partial charge on any atom is 0.261 e. The summed E-state index contributed by atoms with van der Waals surface area (Å²) < 4.78 is 48.6. The number of piperidine rings is 1. The highest BCUT2D eigenvalue weighted by Crippen LogP contribution is 2.49. The van der Waals surface area contributed by atoms with E-state index in [4.69, 9.17) is 23.2 Å². The lowest BCUT2D eigenvalue weighted by molar-refractivity contribution is -0.114. The molecule has 1 aliphatic heterocycles. The van der Waals surface area contributed by atoms with Gasteiger partial charge in [-0.2, -0.15) is 8.42 Å². The molecule has 1 aliphatic rings. The van der Waals surface area contributed by atoms with Gasteiger partial charge >= 0.3 is 0 Å². The third-order valence-electron chi connectivity index (χ3n) is 4.80. The molecule has 3 rings (SSSR count). The summed E-state index contributed by atoms with van der Waals surface area (Å²) in [6.45, 7) is 5.28. The maximum atomic E-state index is 11.8. The summed E-state index contributed by atoms with van der Waals surface area (Å²) in [7, 11) is -0.554. The lowest BCUT2D eigenvalue weighted by Crippen LogP contribution is -2.31. The minimum Gasteiger partial charge on any atom is -0.494 e. The van der Waals surface area contributed by atoms with Gasteiger partial charge in [-0.1, -0.05) is 6.42 Å². The number of nitrogens with zero attached hydrogens (tertiary/aromatic N) is 1. The van der Waals surface area contributed by atoms with Crippen molar-refractivity contribution < 1.29 is 36.4 Å². The summed E-state index contributed by atoms with van der Waals surface area (Å²) in [5.74, 6) is 1.18. The standard InChI is InChI=1S/C20H28N2O5.CH4O3S/c1-14(23)21-16-17(24-2)15-8-13-27-18(15)20(25-3)19(16)26-12-7-11-22-9-5-4-6-10-22;1-5(2,3)4/h8,13H,4-7,9-12H2,1-3H3,(H,21,23);1H3,(H,2,3,4). The molecule has 32 heavy (non-hydrogen) atoms. The Labute approximate surface area is 188 Å². The van der Waals surface area contributed by atoms with Crippen molar-refractivity contribution in [3.8, 4) is 17.2 Å².